The fourth-order valence-electron chi connectivity index (χ4n) is 4.50. The largest absolute Gasteiger partial charge is 0.495 e. The molecule has 8 nitrogen and oxygen atoms in total. The summed E-state index contributed by atoms with van der Waals surface area (Å²) in [4.78, 5) is 28.9. The molecule has 0 aliphatic heterocycles. The Morgan fingerprint density at radius 3 is 2.24 bits per heavy atom. The van der Waals surface area contributed by atoms with Gasteiger partial charge in [-0.15, -0.1) is 0 Å². The van der Waals surface area contributed by atoms with Gasteiger partial charge in [-0.2, -0.15) is 0 Å². The number of aryl methyl sites for hydroxylation is 1. The normalized spacial score (nSPS) is 12.1. The summed E-state index contributed by atoms with van der Waals surface area (Å²) in [5.74, 6) is -0.167. The first kappa shape index (κ1) is 32.9. The Bertz CT molecular complexity index is 1450. The fraction of sp³-hybridized carbons (Fsp3) is 0.375. The van der Waals surface area contributed by atoms with Crippen LogP contribution in [0.5, 0.6) is 5.75 Å². The van der Waals surface area contributed by atoms with Gasteiger partial charge in [-0.1, -0.05) is 80.4 Å². The van der Waals surface area contributed by atoms with Crippen LogP contribution in [0.25, 0.3) is 0 Å². The smallest absolute Gasteiger partial charge is 0.264 e. The van der Waals surface area contributed by atoms with Crippen LogP contribution >= 0.6 is 11.6 Å². The van der Waals surface area contributed by atoms with Gasteiger partial charge in [-0.3, -0.25) is 13.9 Å². The molecule has 10 heteroatoms. The summed E-state index contributed by atoms with van der Waals surface area (Å²) in [5, 5.41) is 3.14. The number of methoxy groups -OCH3 is 1. The van der Waals surface area contributed by atoms with Gasteiger partial charge in [0, 0.05) is 13.1 Å². The third-order valence-electron chi connectivity index (χ3n) is 6.87. The minimum Gasteiger partial charge on any atom is -0.495 e. The number of carbonyl (C=O) groups excluding carboxylic acids is 2. The molecular formula is C32H40ClN3O5S. The van der Waals surface area contributed by atoms with Crippen molar-refractivity contribution in [2.45, 2.75) is 51.5 Å². The number of nitrogens with one attached hydrogen (secondary N) is 1. The topological polar surface area (TPSA) is 96.0 Å². The van der Waals surface area contributed by atoms with Gasteiger partial charge in [-0.25, -0.2) is 8.42 Å². The third kappa shape index (κ3) is 8.49. The van der Waals surface area contributed by atoms with Crippen molar-refractivity contribution in [3.05, 3.63) is 88.9 Å². The van der Waals surface area contributed by atoms with Crippen LogP contribution in [0.3, 0.4) is 0 Å². The minimum atomic E-state index is -4.19. The van der Waals surface area contributed by atoms with E-state index in [-0.39, 0.29) is 34.0 Å². The van der Waals surface area contributed by atoms with E-state index < -0.39 is 28.5 Å². The number of hydrogen-bond donors (Lipinski definition) is 1. The number of rotatable bonds is 14. The molecule has 0 saturated carbocycles. The minimum absolute atomic E-state index is 0.0328. The van der Waals surface area contributed by atoms with Gasteiger partial charge in [0.25, 0.3) is 10.0 Å². The summed E-state index contributed by atoms with van der Waals surface area (Å²) < 4.78 is 34.3. The number of benzene rings is 3. The highest BCUT2D eigenvalue weighted by atomic mass is 35.5. The second kappa shape index (κ2) is 15.1. The Balaban J connectivity index is 2.03. The highest BCUT2D eigenvalue weighted by Crippen LogP contribution is 2.32. The number of nitrogens with zero attached hydrogens (tertiary/aromatic N) is 2. The molecule has 0 aliphatic rings. The first-order chi connectivity index (χ1) is 20.0. The van der Waals surface area contributed by atoms with Gasteiger partial charge in [0.1, 0.15) is 18.3 Å². The van der Waals surface area contributed by atoms with Crippen molar-refractivity contribution in [3.63, 3.8) is 0 Å². The van der Waals surface area contributed by atoms with E-state index in [9.17, 15) is 18.0 Å². The first-order valence-corrected chi connectivity index (χ1v) is 15.8. The molecule has 0 radical (unpaired) electrons. The SMILES string of the molecule is CC[C@@H](C(=O)NCC(C)C)N(CCc1ccccc1)C(=O)CN(c1ccc(OC)c(Cl)c1)S(=O)(=O)c1ccc(C)cc1. The van der Waals surface area contributed by atoms with Gasteiger partial charge in [0.15, 0.2) is 0 Å². The number of amides is 2. The zero-order chi connectivity index (χ0) is 30.9. The third-order valence-corrected chi connectivity index (χ3v) is 8.95. The molecule has 0 heterocycles. The number of halogens is 1. The van der Waals surface area contributed by atoms with Crippen molar-refractivity contribution in [2.75, 3.05) is 31.0 Å². The van der Waals surface area contributed by atoms with Crippen LogP contribution in [0.1, 0.15) is 38.3 Å². The highest BCUT2D eigenvalue weighted by molar-refractivity contribution is 7.92. The molecule has 226 valence electrons. The van der Waals surface area contributed by atoms with Crippen LogP contribution in [0.15, 0.2) is 77.7 Å². The molecule has 0 bridgehead atoms. The summed E-state index contributed by atoms with van der Waals surface area (Å²) in [6, 6.07) is 19.9. The van der Waals surface area contributed by atoms with Gasteiger partial charge in [0.05, 0.1) is 22.7 Å². The quantitative estimate of drug-likeness (QED) is 0.260. The molecule has 0 spiro atoms. The van der Waals surface area contributed by atoms with Crippen LogP contribution < -0.4 is 14.4 Å². The van der Waals surface area contributed by atoms with Crippen molar-refractivity contribution in [1.29, 1.82) is 0 Å². The average molecular weight is 614 g/mol. The molecular weight excluding hydrogens is 574 g/mol. The molecule has 42 heavy (non-hydrogen) atoms. The van der Waals surface area contributed by atoms with E-state index in [0.717, 1.165) is 15.4 Å². The summed E-state index contributed by atoms with van der Waals surface area (Å²) >= 11 is 6.39. The van der Waals surface area contributed by atoms with E-state index in [2.05, 4.69) is 5.32 Å². The van der Waals surface area contributed by atoms with Gasteiger partial charge in [0.2, 0.25) is 11.8 Å². The van der Waals surface area contributed by atoms with Crippen molar-refractivity contribution < 1.29 is 22.7 Å². The molecule has 2 amide bonds. The average Bonchev–Trinajstić information content (AvgIpc) is 2.97. The maximum Gasteiger partial charge on any atom is 0.264 e. The van der Waals surface area contributed by atoms with E-state index in [1.165, 1.54) is 30.2 Å². The lowest BCUT2D eigenvalue weighted by Gasteiger charge is -2.33. The summed E-state index contributed by atoms with van der Waals surface area (Å²) in [6.45, 7) is 7.86. The van der Waals surface area contributed by atoms with Gasteiger partial charge >= 0.3 is 0 Å². The summed E-state index contributed by atoms with van der Waals surface area (Å²) in [6.07, 6.45) is 0.864. The van der Waals surface area contributed by atoms with Crippen molar-refractivity contribution >= 4 is 39.1 Å². The number of sulfonamides is 1. The van der Waals surface area contributed by atoms with E-state index in [1.807, 2.05) is 58.0 Å². The summed E-state index contributed by atoms with van der Waals surface area (Å²) in [5.41, 5.74) is 2.10. The van der Waals surface area contributed by atoms with E-state index in [1.54, 1.807) is 24.3 Å². The number of anilines is 1. The Labute approximate surface area is 254 Å². The molecule has 0 aliphatic carbocycles. The van der Waals surface area contributed by atoms with E-state index in [0.29, 0.717) is 25.1 Å². The van der Waals surface area contributed by atoms with Crippen molar-refractivity contribution in [2.24, 2.45) is 5.92 Å². The van der Waals surface area contributed by atoms with Crippen LogP contribution in [0, 0.1) is 12.8 Å². The molecule has 1 atom stereocenters. The fourth-order valence-corrected chi connectivity index (χ4v) is 6.15. The highest BCUT2D eigenvalue weighted by Gasteiger charge is 2.33. The second-order valence-corrected chi connectivity index (χ2v) is 12.8. The Hall–Kier alpha value is -3.56. The molecule has 3 rings (SSSR count). The Kier molecular flexibility index (Phi) is 11.8. The van der Waals surface area contributed by atoms with E-state index in [4.69, 9.17) is 16.3 Å². The number of carbonyl (C=O) groups is 2. The predicted molar refractivity (Wildman–Crippen MR) is 168 cm³/mol. The van der Waals surface area contributed by atoms with Crippen molar-refractivity contribution in [1.82, 2.24) is 10.2 Å². The molecule has 3 aromatic rings. The second-order valence-electron chi connectivity index (χ2n) is 10.5. The number of ether oxygens (including phenoxy) is 1. The molecule has 0 saturated heterocycles. The van der Waals surface area contributed by atoms with Crippen LogP contribution in [0.2, 0.25) is 5.02 Å². The van der Waals surface area contributed by atoms with E-state index >= 15 is 0 Å². The van der Waals surface area contributed by atoms with Gasteiger partial charge < -0.3 is 15.0 Å². The molecule has 0 unspecified atom stereocenters. The van der Waals surface area contributed by atoms with Gasteiger partial charge in [-0.05, 0) is 61.6 Å². The molecule has 0 aromatic heterocycles. The Morgan fingerprint density at radius 1 is 1.00 bits per heavy atom. The van der Waals surface area contributed by atoms with Crippen molar-refractivity contribution in [3.8, 4) is 5.75 Å². The molecule has 0 fully saturated rings. The van der Waals surface area contributed by atoms with Crippen LogP contribution in [-0.4, -0.2) is 57.9 Å². The Morgan fingerprint density at radius 2 is 1.67 bits per heavy atom. The zero-order valence-electron chi connectivity index (χ0n) is 24.8. The molecule has 3 aromatic carbocycles. The molecule has 1 N–H and O–H groups in total. The monoisotopic (exact) mass is 613 g/mol. The first-order valence-electron chi connectivity index (χ1n) is 14.0. The maximum atomic E-state index is 14.1. The number of hydrogen-bond acceptors (Lipinski definition) is 5. The lowest BCUT2D eigenvalue weighted by atomic mass is 10.1. The predicted octanol–water partition coefficient (Wildman–Crippen LogP) is 5.47. The lowest BCUT2D eigenvalue weighted by molar-refractivity contribution is -0.139. The maximum absolute atomic E-state index is 14.1. The van der Waals surface area contributed by atoms with Crippen LogP contribution in [0.4, 0.5) is 5.69 Å². The summed E-state index contributed by atoms with van der Waals surface area (Å²) in [7, 11) is -2.73. The standard InChI is InChI=1S/C32H40ClN3O5S/c1-6-29(32(38)34-21-23(2)3)35(19-18-25-10-8-7-9-11-25)31(37)22-36(26-14-17-30(41-5)28(33)20-26)42(39,40)27-15-12-24(4)13-16-27/h7-17,20,23,29H,6,18-19,21-22H2,1-5H3,(H,34,38)/t29-/m0/s1. The zero-order valence-corrected chi connectivity index (χ0v) is 26.4. The lowest BCUT2D eigenvalue weighted by Crippen LogP contribution is -2.53. The van der Waals surface area contributed by atoms with Crippen LogP contribution in [-0.2, 0) is 26.0 Å².